The van der Waals surface area contributed by atoms with Crippen LogP contribution in [0, 0.1) is 0 Å². The standard InChI is InChI=1S/C19H28N4O/c1-3-7-15(20)19(24)22-12-10-14(11-13-22)23-17-9-6-5-8-16(17)21-18(23)4-2/h5-6,8-9,14-15H,3-4,7,10-13,20H2,1-2H3. The summed E-state index contributed by atoms with van der Waals surface area (Å²) in [4.78, 5) is 19.1. The zero-order chi connectivity index (χ0) is 17.1. The molecule has 24 heavy (non-hydrogen) atoms. The number of amides is 1. The Morgan fingerprint density at radius 2 is 2.00 bits per heavy atom. The average Bonchev–Trinajstić information content (AvgIpc) is 3.00. The molecule has 0 bridgehead atoms. The molecule has 0 radical (unpaired) electrons. The Labute approximate surface area is 143 Å². The van der Waals surface area contributed by atoms with Gasteiger partial charge in [-0.1, -0.05) is 32.4 Å². The number of para-hydroxylation sites is 2. The second-order valence-electron chi connectivity index (χ2n) is 6.69. The number of hydrogen-bond donors (Lipinski definition) is 1. The molecule has 1 aliphatic rings. The number of nitrogens with zero attached hydrogens (tertiary/aromatic N) is 3. The van der Waals surface area contributed by atoms with Gasteiger partial charge >= 0.3 is 0 Å². The van der Waals surface area contributed by atoms with Crippen molar-refractivity contribution in [3.05, 3.63) is 30.1 Å². The SMILES string of the molecule is CCCC(N)C(=O)N1CCC(n2c(CC)nc3ccccc32)CC1. The van der Waals surface area contributed by atoms with Crippen molar-refractivity contribution < 1.29 is 4.79 Å². The summed E-state index contributed by atoms with van der Waals surface area (Å²) in [7, 11) is 0. The van der Waals surface area contributed by atoms with Crippen molar-refractivity contribution >= 4 is 16.9 Å². The molecule has 0 saturated carbocycles. The molecule has 0 spiro atoms. The van der Waals surface area contributed by atoms with Crippen molar-refractivity contribution in [3.63, 3.8) is 0 Å². The van der Waals surface area contributed by atoms with Crippen LogP contribution in [0.2, 0.25) is 0 Å². The highest BCUT2D eigenvalue weighted by Gasteiger charge is 2.28. The molecule has 0 aliphatic carbocycles. The molecular formula is C19H28N4O. The van der Waals surface area contributed by atoms with Gasteiger partial charge in [-0.25, -0.2) is 4.98 Å². The van der Waals surface area contributed by atoms with Crippen molar-refractivity contribution in [2.24, 2.45) is 5.73 Å². The van der Waals surface area contributed by atoms with Gasteiger partial charge in [0, 0.05) is 25.6 Å². The molecule has 1 saturated heterocycles. The maximum absolute atomic E-state index is 12.4. The molecule has 1 atom stereocenters. The molecule has 3 rings (SSSR count). The summed E-state index contributed by atoms with van der Waals surface area (Å²) in [5.41, 5.74) is 8.28. The van der Waals surface area contributed by atoms with Crippen LogP contribution in [0.25, 0.3) is 11.0 Å². The highest BCUT2D eigenvalue weighted by molar-refractivity contribution is 5.81. The fourth-order valence-electron chi connectivity index (χ4n) is 3.76. The van der Waals surface area contributed by atoms with E-state index in [1.807, 2.05) is 11.0 Å². The number of benzene rings is 1. The Balaban J connectivity index is 1.74. The molecule has 1 aliphatic heterocycles. The molecule has 1 fully saturated rings. The van der Waals surface area contributed by atoms with Crippen molar-refractivity contribution in [1.82, 2.24) is 14.5 Å². The van der Waals surface area contributed by atoms with E-state index in [1.54, 1.807) is 0 Å². The molecule has 2 heterocycles. The Hall–Kier alpha value is -1.88. The number of hydrogen-bond acceptors (Lipinski definition) is 3. The summed E-state index contributed by atoms with van der Waals surface area (Å²) in [6.45, 7) is 5.79. The molecule has 2 aromatic rings. The van der Waals surface area contributed by atoms with E-state index in [4.69, 9.17) is 10.7 Å². The third kappa shape index (κ3) is 3.18. The van der Waals surface area contributed by atoms with E-state index in [0.29, 0.717) is 6.04 Å². The highest BCUT2D eigenvalue weighted by Crippen LogP contribution is 2.29. The third-order valence-corrected chi connectivity index (χ3v) is 5.04. The summed E-state index contributed by atoms with van der Waals surface area (Å²) < 4.78 is 2.39. The van der Waals surface area contributed by atoms with Gasteiger partial charge in [-0.3, -0.25) is 4.79 Å². The molecular weight excluding hydrogens is 300 g/mol. The van der Waals surface area contributed by atoms with Gasteiger partial charge < -0.3 is 15.2 Å². The van der Waals surface area contributed by atoms with E-state index in [-0.39, 0.29) is 11.9 Å². The number of carbonyl (C=O) groups excluding carboxylic acids is 1. The Kier molecular flexibility index (Phi) is 5.19. The summed E-state index contributed by atoms with van der Waals surface area (Å²) in [6, 6.07) is 8.41. The van der Waals surface area contributed by atoms with Crippen LogP contribution in [0.15, 0.2) is 24.3 Å². The van der Waals surface area contributed by atoms with Crippen LogP contribution in [0.5, 0.6) is 0 Å². The van der Waals surface area contributed by atoms with Crippen molar-refractivity contribution in [2.45, 2.75) is 58.0 Å². The van der Waals surface area contributed by atoms with Gasteiger partial charge in [-0.05, 0) is 31.4 Å². The van der Waals surface area contributed by atoms with Gasteiger partial charge in [0.15, 0.2) is 0 Å². The minimum absolute atomic E-state index is 0.113. The monoisotopic (exact) mass is 328 g/mol. The number of nitrogens with two attached hydrogens (primary N) is 1. The lowest BCUT2D eigenvalue weighted by atomic mass is 10.0. The van der Waals surface area contributed by atoms with Crippen molar-refractivity contribution in [2.75, 3.05) is 13.1 Å². The van der Waals surface area contributed by atoms with Crippen LogP contribution in [0.4, 0.5) is 0 Å². The van der Waals surface area contributed by atoms with E-state index in [1.165, 1.54) is 5.52 Å². The molecule has 1 unspecified atom stereocenters. The van der Waals surface area contributed by atoms with Gasteiger partial charge in [0.25, 0.3) is 0 Å². The molecule has 130 valence electrons. The van der Waals surface area contributed by atoms with Gasteiger partial charge in [0.1, 0.15) is 5.82 Å². The van der Waals surface area contributed by atoms with Gasteiger partial charge in [0.2, 0.25) is 5.91 Å². The normalized spacial score (nSPS) is 17.4. The van der Waals surface area contributed by atoms with Crippen LogP contribution in [-0.4, -0.2) is 39.5 Å². The summed E-state index contributed by atoms with van der Waals surface area (Å²) in [5, 5.41) is 0. The summed E-state index contributed by atoms with van der Waals surface area (Å²) in [5.74, 6) is 1.25. The Morgan fingerprint density at radius 1 is 1.29 bits per heavy atom. The smallest absolute Gasteiger partial charge is 0.239 e. The van der Waals surface area contributed by atoms with E-state index in [2.05, 4.69) is 36.6 Å². The first-order valence-electron chi connectivity index (χ1n) is 9.15. The van der Waals surface area contributed by atoms with E-state index < -0.39 is 0 Å². The minimum Gasteiger partial charge on any atom is -0.341 e. The van der Waals surface area contributed by atoms with Crippen LogP contribution in [0.1, 0.15) is 51.4 Å². The highest BCUT2D eigenvalue weighted by atomic mass is 16.2. The first-order valence-corrected chi connectivity index (χ1v) is 9.15. The number of aromatic nitrogens is 2. The fourth-order valence-corrected chi connectivity index (χ4v) is 3.76. The van der Waals surface area contributed by atoms with Crippen molar-refractivity contribution in [1.29, 1.82) is 0 Å². The quantitative estimate of drug-likeness (QED) is 0.918. The van der Waals surface area contributed by atoms with Gasteiger partial charge in [-0.15, -0.1) is 0 Å². The zero-order valence-corrected chi connectivity index (χ0v) is 14.7. The van der Waals surface area contributed by atoms with Crippen LogP contribution in [-0.2, 0) is 11.2 Å². The van der Waals surface area contributed by atoms with E-state index in [0.717, 1.165) is 56.5 Å². The number of carbonyl (C=O) groups is 1. The molecule has 5 heteroatoms. The largest absolute Gasteiger partial charge is 0.341 e. The maximum Gasteiger partial charge on any atom is 0.239 e. The predicted molar refractivity (Wildman–Crippen MR) is 96.8 cm³/mol. The van der Waals surface area contributed by atoms with Crippen LogP contribution >= 0.6 is 0 Å². The lowest BCUT2D eigenvalue weighted by Crippen LogP contribution is -2.47. The molecule has 1 amide bonds. The van der Waals surface area contributed by atoms with E-state index in [9.17, 15) is 4.79 Å². The number of aryl methyl sites for hydroxylation is 1. The van der Waals surface area contributed by atoms with Gasteiger partial charge in [-0.2, -0.15) is 0 Å². The number of likely N-dealkylation sites (tertiary alicyclic amines) is 1. The second-order valence-corrected chi connectivity index (χ2v) is 6.69. The zero-order valence-electron chi connectivity index (χ0n) is 14.7. The fraction of sp³-hybridized carbons (Fsp3) is 0.579. The second kappa shape index (κ2) is 7.34. The predicted octanol–water partition coefficient (Wildman–Crippen LogP) is 2.89. The van der Waals surface area contributed by atoms with Crippen LogP contribution < -0.4 is 5.73 Å². The Bertz CT molecular complexity index is 700. The summed E-state index contributed by atoms with van der Waals surface area (Å²) >= 11 is 0. The molecule has 1 aromatic carbocycles. The number of piperidine rings is 1. The topological polar surface area (TPSA) is 64.2 Å². The molecule has 5 nitrogen and oxygen atoms in total. The first-order chi connectivity index (χ1) is 11.7. The first kappa shape index (κ1) is 17.0. The summed E-state index contributed by atoms with van der Waals surface area (Å²) in [6.07, 6.45) is 4.58. The lowest BCUT2D eigenvalue weighted by Gasteiger charge is -2.35. The number of imidazole rings is 1. The van der Waals surface area contributed by atoms with E-state index >= 15 is 0 Å². The van der Waals surface area contributed by atoms with Gasteiger partial charge in [0.05, 0.1) is 17.1 Å². The third-order valence-electron chi connectivity index (χ3n) is 5.04. The number of rotatable bonds is 5. The lowest BCUT2D eigenvalue weighted by molar-refractivity contribution is -0.134. The molecule has 2 N–H and O–H groups in total. The minimum atomic E-state index is -0.341. The van der Waals surface area contributed by atoms with Crippen LogP contribution in [0.3, 0.4) is 0 Å². The van der Waals surface area contributed by atoms with Crippen molar-refractivity contribution in [3.8, 4) is 0 Å². The molecule has 1 aromatic heterocycles. The number of fused-ring (bicyclic) bond motifs is 1. The Morgan fingerprint density at radius 3 is 2.67 bits per heavy atom. The average molecular weight is 328 g/mol. The maximum atomic E-state index is 12.4.